The maximum Gasteiger partial charge on any atom is 0.397 e. The summed E-state index contributed by atoms with van der Waals surface area (Å²) in [6.07, 6.45) is -5.88. The monoisotopic (exact) mass is 278 g/mol. The molecule has 0 radical (unpaired) electrons. The van der Waals surface area contributed by atoms with E-state index >= 15 is 0 Å². The van der Waals surface area contributed by atoms with E-state index in [0.29, 0.717) is 0 Å². The molecule has 1 unspecified atom stereocenters. The number of nitrogens with one attached hydrogen (secondary N) is 1. The smallest absolute Gasteiger partial charge is 0.389 e. The normalized spacial score (nSPS) is 13.1. The summed E-state index contributed by atoms with van der Waals surface area (Å²) in [4.78, 5) is 22.2. The van der Waals surface area contributed by atoms with Gasteiger partial charge in [-0.25, -0.2) is 0 Å². The van der Waals surface area contributed by atoms with Crippen molar-refractivity contribution in [1.82, 2.24) is 9.88 Å². The summed E-state index contributed by atoms with van der Waals surface area (Å²) < 4.78 is 36.8. The first-order valence-electron chi connectivity index (χ1n) is 5.45. The van der Waals surface area contributed by atoms with Crippen molar-refractivity contribution in [2.24, 2.45) is 0 Å². The van der Waals surface area contributed by atoms with Gasteiger partial charge in [-0.05, 0) is 6.07 Å². The van der Waals surface area contributed by atoms with Crippen LogP contribution in [0.1, 0.15) is 6.42 Å². The van der Waals surface area contributed by atoms with E-state index in [1.807, 2.05) is 5.32 Å². The predicted molar refractivity (Wildman–Crippen MR) is 60.4 cm³/mol. The van der Waals surface area contributed by atoms with Crippen LogP contribution in [0.2, 0.25) is 0 Å². The molecule has 5 nitrogen and oxygen atoms in total. The van der Waals surface area contributed by atoms with E-state index in [-0.39, 0.29) is 18.6 Å². The molecule has 0 aliphatic carbocycles. The van der Waals surface area contributed by atoms with Crippen molar-refractivity contribution in [3.63, 3.8) is 0 Å². The Kier molecular flexibility index (Phi) is 5.11. The molecule has 0 fully saturated rings. The Balaban J connectivity index is 2.40. The van der Waals surface area contributed by atoms with Gasteiger partial charge in [-0.1, -0.05) is 6.07 Å². The predicted octanol–water partition coefficient (Wildman–Crippen LogP) is 0.278. The molecule has 1 amide bonds. The van der Waals surface area contributed by atoms with E-state index in [2.05, 4.69) is 0 Å². The molecule has 106 valence electrons. The highest BCUT2D eigenvalue weighted by atomic mass is 19.4. The minimum absolute atomic E-state index is 0.105. The molecule has 0 saturated carbocycles. The van der Waals surface area contributed by atoms with Crippen molar-refractivity contribution in [2.75, 3.05) is 6.54 Å². The Labute approximate surface area is 106 Å². The van der Waals surface area contributed by atoms with Crippen molar-refractivity contribution in [3.8, 4) is 0 Å². The summed E-state index contributed by atoms with van der Waals surface area (Å²) in [5, 5.41) is 11.5. The fourth-order valence-corrected chi connectivity index (χ4v) is 1.38. The second kappa shape index (κ2) is 6.37. The number of halogens is 3. The van der Waals surface area contributed by atoms with Gasteiger partial charge in [-0.3, -0.25) is 9.59 Å². The van der Waals surface area contributed by atoms with E-state index in [9.17, 15) is 27.9 Å². The Morgan fingerprint density at radius 1 is 1.42 bits per heavy atom. The number of rotatable bonds is 5. The molecule has 0 bridgehead atoms. The summed E-state index contributed by atoms with van der Waals surface area (Å²) in [6.45, 7) is -0.456. The van der Waals surface area contributed by atoms with Gasteiger partial charge < -0.3 is 15.0 Å². The summed E-state index contributed by atoms with van der Waals surface area (Å²) in [5.74, 6) is -1.22. The van der Waals surface area contributed by atoms with Crippen LogP contribution in [0.15, 0.2) is 29.2 Å². The zero-order chi connectivity index (χ0) is 14.5. The molecule has 0 saturated heterocycles. The average Bonchev–Trinajstić information content (AvgIpc) is 2.27. The van der Waals surface area contributed by atoms with E-state index < -0.39 is 24.6 Å². The molecule has 1 aromatic heterocycles. The molecule has 19 heavy (non-hydrogen) atoms. The fraction of sp³-hybridized carbons (Fsp3) is 0.455. The van der Waals surface area contributed by atoms with Gasteiger partial charge in [0, 0.05) is 18.8 Å². The third-order valence-electron chi connectivity index (χ3n) is 2.20. The van der Waals surface area contributed by atoms with E-state index in [0.717, 1.165) is 0 Å². The zero-order valence-corrected chi connectivity index (χ0v) is 9.85. The lowest BCUT2D eigenvalue weighted by atomic mass is 10.3. The van der Waals surface area contributed by atoms with Crippen LogP contribution >= 0.6 is 0 Å². The molecule has 0 spiro atoms. The van der Waals surface area contributed by atoms with Crippen LogP contribution in [0.5, 0.6) is 0 Å². The SMILES string of the molecule is O=C(CC(F)(F)F)NCC(O)Cn1ccccc1=O. The number of hydrogen-bond donors (Lipinski definition) is 2. The molecule has 1 atom stereocenters. The van der Waals surface area contributed by atoms with Gasteiger partial charge in [0.2, 0.25) is 5.91 Å². The van der Waals surface area contributed by atoms with Crippen LogP contribution in [-0.4, -0.2) is 34.4 Å². The standard InChI is InChI=1S/C11H13F3N2O3/c12-11(13,14)5-9(18)15-6-8(17)7-16-4-2-1-3-10(16)19/h1-4,8,17H,5-7H2,(H,15,18). The van der Waals surface area contributed by atoms with Crippen molar-refractivity contribution in [2.45, 2.75) is 25.2 Å². The average molecular weight is 278 g/mol. The van der Waals surface area contributed by atoms with Crippen LogP contribution < -0.4 is 10.9 Å². The number of amides is 1. The minimum atomic E-state index is -4.58. The number of nitrogens with zero attached hydrogens (tertiary/aromatic N) is 1. The Morgan fingerprint density at radius 2 is 2.11 bits per heavy atom. The molecule has 2 N–H and O–H groups in total. The molecular formula is C11H13F3N2O3. The maximum atomic E-state index is 11.9. The highest BCUT2D eigenvalue weighted by molar-refractivity contribution is 5.76. The molecule has 0 aromatic carbocycles. The third kappa shape index (κ3) is 6.05. The highest BCUT2D eigenvalue weighted by Crippen LogP contribution is 2.18. The second-order valence-electron chi connectivity index (χ2n) is 3.94. The number of alkyl halides is 3. The molecular weight excluding hydrogens is 265 g/mol. The van der Waals surface area contributed by atoms with Gasteiger partial charge >= 0.3 is 6.18 Å². The van der Waals surface area contributed by atoms with Crippen LogP contribution in [0.25, 0.3) is 0 Å². The Morgan fingerprint density at radius 3 is 2.68 bits per heavy atom. The van der Waals surface area contributed by atoms with Gasteiger partial charge in [0.15, 0.2) is 0 Å². The number of carbonyl (C=O) groups excluding carboxylic acids is 1. The first-order chi connectivity index (χ1) is 8.78. The van der Waals surface area contributed by atoms with Gasteiger partial charge in [0.05, 0.1) is 12.6 Å². The van der Waals surface area contributed by atoms with Gasteiger partial charge in [0.1, 0.15) is 6.42 Å². The molecule has 1 heterocycles. The quantitative estimate of drug-likeness (QED) is 0.812. The summed E-state index contributed by atoms with van der Waals surface area (Å²) in [7, 11) is 0. The summed E-state index contributed by atoms with van der Waals surface area (Å²) in [6, 6.07) is 4.39. The van der Waals surface area contributed by atoms with Crippen LogP contribution in [-0.2, 0) is 11.3 Å². The van der Waals surface area contributed by atoms with Crippen molar-refractivity contribution >= 4 is 5.91 Å². The molecule has 1 rings (SSSR count). The number of aliphatic hydroxyl groups is 1. The summed E-state index contributed by atoms with van der Waals surface area (Å²) in [5.41, 5.74) is -0.344. The first kappa shape index (κ1) is 15.2. The van der Waals surface area contributed by atoms with Crippen molar-refractivity contribution < 1.29 is 23.1 Å². The number of pyridine rings is 1. The lowest BCUT2D eigenvalue weighted by Gasteiger charge is -2.14. The van der Waals surface area contributed by atoms with Gasteiger partial charge in [-0.2, -0.15) is 13.2 Å². The van der Waals surface area contributed by atoms with Crippen molar-refractivity contribution in [3.05, 3.63) is 34.7 Å². The Hall–Kier alpha value is -1.83. The van der Waals surface area contributed by atoms with Crippen LogP contribution in [0, 0.1) is 0 Å². The summed E-state index contributed by atoms with van der Waals surface area (Å²) >= 11 is 0. The minimum Gasteiger partial charge on any atom is -0.389 e. The van der Waals surface area contributed by atoms with E-state index in [1.165, 1.54) is 22.9 Å². The molecule has 0 aliphatic rings. The lowest BCUT2D eigenvalue weighted by molar-refractivity contribution is -0.154. The highest BCUT2D eigenvalue weighted by Gasteiger charge is 2.31. The maximum absolute atomic E-state index is 11.9. The van der Waals surface area contributed by atoms with E-state index in [4.69, 9.17) is 0 Å². The third-order valence-corrected chi connectivity index (χ3v) is 2.20. The molecule has 1 aromatic rings. The van der Waals surface area contributed by atoms with E-state index in [1.54, 1.807) is 6.07 Å². The lowest BCUT2D eigenvalue weighted by Crippen LogP contribution is -2.37. The van der Waals surface area contributed by atoms with Crippen LogP contribution in [0.3, 0.4) is 0 Å². The zero-order valence-electron chi connectivity index (χ0n) is 9.85. The van der Waals surface area contributed by atoms with Crippen LogP contribution in [0.4, 0.5) is 13.2 Å². The number of aromatic nitrogens is 1. The van der Waals surface area contributed by atoms with Gasteiger partial charge in [0.25, 0.3) is 5.56 Å². The molecule has 0 aliphatic heterocycles. The first-order valence-corrected chi connectivity index (χ1v) is 5.45. The Bertz CT molecular complexity index is 485. The number of hydrogen-bond acceptors (Lipinski definition) is 3. The largest absolute Gasteiger partial charge is 0.397 e. The van der Waals surface area contributed by atoms with Gasteiger partial charge in [-0.15, -0.1) is 0 Å². The second-order valence-corrected chi connectivity index (χ2v) is 3.94. The number of carbonyl (C=O) groups is 1. The molecule has 8 heteroatoms. The fourth-order valence-electron chi connectivity index (χ4n) is 1.38. The topological polar surface area (TPSA) is 71.3 Å². The number of aliphatic hydroxyl groups excluding tert-OH is 1. The van der Waals surface area contributed by atoms with Crippen molar-refractivity contribution in [1.29, 1.82) is 0 Å².